The zero-order valence-electron chi connectivity index (χ0n) is 18.2. The number of piperidine rings is 1. The maximum absolute atomic E-state index is 13.0. The minimum absolute atomic E-state index is 0.0764. The number of nitrogens with one attached hydrogen (secondary N) is 1. The van der Waals surface area contributed by atoms with Crippen LogP contribution in [0.15, 0.2) is 62.6 Å². The molecule has 1 saturated heterocycles. The van der Waals surface area contributed by atoms with Crippen LogP contribution in [0.3, 0.4) is 0 Å². The lowest BCUT2D eigenvalue weighted by Crippen LogP contribution is -2.42. The van der Waals surface area contributed by atoms with Gasteiger partial charge in [-0.25, -0.2) is 13.2 Å². The molecule has 2 atom stereocenters. The van der Waals surface area contributed by atoms with E-state index in [0.29, 0.717) is 41.7 Å². The lowest BCUT2D eigenvalue weighted by molar-refractivity contribution is -0.116. The normalized spacial score (nSPS) is 19.8. The first-order chi connectivity index (χ1) is 15.2. The first kappa shape index (κ1) is 22.3. The third-order valence-corrected chi connectivity index (χ3v) is 7.59. The van der Waals surface area contributed by atoms with Gasteiger partial charge in [-0.15, -0.1) is 0 Å². The van der Waals surface area contributed by atoms with Gasteiger partial charge in [0, 0.05) is 31.7 Å². The minimum atomic E-state index is -3.57. The summed E-state index contributed by atoms with van der Waals surface area (Å²) in [5.41, 5.74) is 1.62. The molecule has 2 aromatic carbocycles. The highest BCUT2D eigenvalue weighted by Gasteiger charge is 2.31. The fourth-order valence-electron chi connectivity index (χ4n) is 4.32. The van der Waals surface area contributed by atoms with Crippen LogP contribution < -0.4 is 11.1 Å². The van der Waals surface area contributed by atoms with Crippen molar-refractivity contribution in [2.24, 2.45) is 11.8 Å². The number of aryl methyl sites for hydroxylation is 1. The Morgan fingerprint density at radius 1 is 1.06 bits per heavy atom. The lowest BCUT2D eigenvalue weighted by Gasteiger charge is -2.34. The predicted molar refractivity (Wildman–Crippen MR) is 122 cm³/mol. The van der Waals surface area contributed by atoms with Crippen LogP contribution in [0.5, 0.6) is 0 Å². The maximum atomic E-state index is 13.0. The Morgan fingerprint density at radius 2 is 1.72 bits per heavy atom. The molecular formula is C23H27N3O5S. The monoisotopic (exact) mass is 457 g/mol. The van der Waals surface area contributed by atoms with E-state index < -0.39 is 15.8 Å². The van der Waals surface area contributed by atoms with Gasteiger partial charge in [0.05, 0.1) is 10.4 Å². The molecule has 1 fully saturated rings. The van der Waals surface area contributed by atoms with Gasteiger partial charge in [-0.2, -0.15) is 4.31 Å². The van der Waals surface area contributed by atoms with E-state index in [4.69, 9.17) is 4.42 Å². The molecule has 0 aliphatic carbocycles. The number of para-hydroxylation sites is 2. The van der Waals surface area contributed by atoms with Crippen molar-refractivity contribution in [3.8, 4) is 0 Å². The van der Waals surface area contributed by atoms with E-state index in [1.165, 1.54) is 16.7 Å². The van der Waals surface area contributed by atoms with E-state index in [9.17, 15) is 18.0 Å². The zero-order chi connectivity index (χ0) is 22.9. The van der Waals surface area contributed by atoms with Gasteiger partial charge >= 0.3 is 5.76 Å². The highest BCUT2D eigenvalue weighted by Crippen LogP contribution is 2.27. The number of nitrogens with zero attached hydrogens (tertiary/aromatic N) is 2. The van der Waals surface area contributed by atoms with Crippen LogP contribution in [0, 0.1) is 11.8 Å². The van der Waals surface area contributed by atoms with Gasteiger partial charge in [-0.3, -0.25) is 9.36 Å². The minimum Gasteiger partial charge on any atom is -0.408 e. The summed E-state index contributed by atoms with van der Waals surface area (Å²) in [6, 6.07) is 13.2. The van der Waals surface area contributed by atoms with Crippen LogP contribution in [-0.2, 0) is 21.4 Å². The van der Waals surface area contributed by atoms with Crippen LogP contribution in [0.25, 0.3) is 11.1 Å². The number of fused-ring (bicyclic) bond motifs is 1. The van der Waals surface area contributed by atoms with Gasteiger partial charge in [0.1, 0.15) is 0 Å². The molecule has 0 spiro atoms. The van der Waals surface area contributed by atoms with Gasteiger partial charge < -0.3 is 9.73 Å². The van der Waals surface area contributed by atoms with Gasteiger partial charge in [0.2, 0.25) is 15.9 Å². The fourth-order valence-corrected chi connectivity index (χ4v) is 6.00. The second-order valence-corrected chi connectivity index (χ2v) is 10.5. The molecule has 0 saturated carbocycles. The van der Waals surface area contributed by atoms with E-state index in [1.54, 1.807) is 40.7 Å². The number of benzene rings is 2. The predicted octanol–water partition coefficient (Wildman–Crippen LogP) is 3.29. The number of anilines is 1. The molecule has 32 heavy (non-hydrogen) atoms. The number of sulfonamides is 1. The van der Waals surface area contributed by atoms with E-state index in [2.05, 4.69) is 19.2 Å². The molecule has 1 aliphatic rings. The third-order valence-electron chi connectivity index (χ3n) is 5.75. The van der Waals surface area contributed by atoms with Crippen molar-refractivity contribution in [3.63, 3.8) is 0 Å². The quantitative estimate of drug-likeness (QED) is 0.612. The Balaban J connectivity index is 1.39. The van der Waals surface area contributed by atoms with E-state index in [1.807, 2.05) is 0 Å². The molecule has 170 valence electrons. The number of carbonyl (C=O) groups excluding carboxylic acids is 1. The summed E-state index contributed by atoms with van der Waals surface area (Å²) in [7, 11) is -3.57. The van der Waals surface area contributed by atoms with E-state index >= 15 is 0 Å². The molecule has 0 bridgehead atoms. The molecule has 1 aliphatic heterocycles. The van der Waals surface area contributed by atoms with Crippen LogP contribution in [0.1, 0.15) is 26.7 Å². The standard InChI is InChI=1S/C23H27N3O5S/c1-16-13-17(2)15-25(14-16)32(29,30)19-9-7-18(8-10-19)24-22(27)11-12-26-20-5-3-4-6-21(20)31-23(26)28/h3-10,16-17H,11-15H2,1-2H3,(H,24,27). The SMILES string of the molecule is CC1CC(C)CN(S(=O)(=O)c2ccc(NC(=O)CCn3c(=O)oc4ccccc43)cc2)C1. The summed E-state index contributed by atoms with van der Waals surface area (Å²) in [5.74, 6) is -0.134. The number of hydrogen-bond donors (Lipinski definition) is 1. The van der Waals surface area contributed by atoms with Gasteiger partial charge in [-0.05, 0) is 54.7 Å². The Kier molecular flexibility index (Phi) is 6.21. The fraction of sp³-hybridized carbons (Fsp3) is 0.391. The molecule has 2 unspecified atom stereocenters. The summed E-state index contributed by atoms with van der Waals surface area (Å²) >= 11 is 0. The number of carbonyl (C=O) groups is 1. The van der Waals surface area contributed by atoms with Crippen LogP contribution in [-0.4, -0.2) is 36.3 Å². The molecule has 4 rings (SSSR count). The number of aromatic nitrogens is 1. The van der Waals surface area contributed by atoms with Crippen molar-refractivity contribution in [1.82, 2.24) is 8.87 Å². The lowest BCUT2D eigenvalue weighted by atomic mass is 9.94. The van der Waals surface area contributed by atoms with Gasteiger partial charge in [0.15, 0.2) is 5.58 Å². The summed E-state index contributed by atoms with van der Waals surface area (Å²) < 4.78 is 34.1. The van der Waals surface area contributed by atoms with Crippen LogP contribution >= 0.6 is 0 Å². The molecule has 9 heteroatoms. The number of amides is 1. The topological polar surface area (TPSA) is 102 Å². The zero-order valence-corrected chi connectivity index (χ0v) is 19.0. The van der Waals surface area contributed by atoms with E-state index in [-0.39, 0.29) is 23.8 Å². The molecule has 1 N–H and O–H groups in total. The summed E-state index contributed by atoms with van der Waals surface area (Å²) in [6.45, 7) is 5.36. The Bertz CT molecular complexity index is 1270. The van der Waals surface area contributed by atoms with Crippen LogP contribution in [0.4, 0.5) is 5.69 Å². The first-order valence-electron chi connectivity index (χ1n) is 10.7. The van der Waals surface area contributed by atoms with Crippen molar-refractivity contribution in [3.05, 3.63) is 59.1 Å². The Morgan fingerprint density at radius 3 is 2.41 bits per heavy atom. The third kappa shape index (κ3) is 4.63. The molecular weight excluding hydrogens is 430 g/mol. The highest BCUT2D eigenvalue weighted by atomic mass is 32.2. The van der Waals surface area contributed by atoms with Crippen molar-refractivity contribution >= 4 is 32.7 Å². The summed E-state index contributed by atoms with van der Waals surface area (Å²) in [4.78, 5) is 24.6. The van der Waals surface area contributed by atoms with Gasteiger partial charge in [0.25, 0.3) is 0 Å². The average Bonchev–Trinajstić information content (AvgIpc) is 3.07. The number of hydrogen-bond acceptors (Lipinski definition) is 5. The molecule has 1 aromatic heterocycles. The largest absolute Gasteiger partial charge is 0.419 e. The highest BCUT2D eigenvalue weighted by molar-refractivity contribution is 7.89. The van der Waals surface area contributed by atoms with Crippen molar-refractivity contribution in [1.29, 1.82) is 0 Å². The van der Waals surface area contributed by atoms with E-state index in [0.717, 1.165) is 6.42 Å². The van der Waals surface area contributed by atoms with Crippen molar-refractivity contribution in [2.45, 2.75) is 38.1 Å². The molecule has 8 nitrogen and oxygen atoms in total. The van der Waals surface area contributed by atoms with Crippen molar-refractivity contribution < 1.29 is 17.6 Å². The molecule has 3 aromatic rings. The van der Waals surface area contributed by atoms with Crippen molar-refractivity contribution in [2.75, 3.05) is 18.4 Å². The number of rotatable bonds is 6. The van der Waals surface area contributed by atoms with Gasteiger partial charge in [-0.1, -0.05) is 26.0 Å². The Labute approximate surface area is 186 Å². The smallest absolute Gasteiger partial charge is 0.408 e. The molecule has 0 radical (unpaired) electrons. The summed E-state index contributed by atoms with van der Waals surface area (Å²) in [5, 5.41) is 2.75. The average molecular weight is 458 g/mol. The first-order valence-corrected chi connectivity index (χ1v) is 12.2. The van der Waals surface area contributed by atoms with Crippen LogP contribution in [0.2, 0.25) is 0 Å². The molecule has 1 amide bonds. The number of oxazole rings is 1. The maximum Gasteiger partial charge on any atom is 0.419 e. The second kappa shape index (κ2) is 8.91. The summed E-state index contributed by atoms with van der Waals surface area (Å²) in [6.07, 6.45) is 1.10. The molecule has 2 heterocycles. The Hall–Kier alpha value is -2.91. The second-order valence-electron chi connectivity index (χ2n) is 8.58.